The minimum atomic E-state index is -4.37. The van der Waals surface area contributed by atoms with Gasteiger partial charge in [-0.1, -0.05) is 6.92 Å². The van der Waals surface area contributed by atoms with E-state index in [9.17, 15) is 18.0 Å². The molecule has 2 aromatic rings. The van der Waals surface area contributed by atoms with Gasteiger partial charge in [0.25, 0.3) is 5.91 Å². The number of rotatable bonds is 3. The molecule has 2 aromatic heterocycles. The van der Waals surface area contributed by atoms with Crippen molar-refractivity contribution in [2.24, 2.45) is 0 Å². The maximum atomic E-state index is 13.6. The van der Waals surface area contributed by atoms with E-state index in [-0.39, 0.29) is 24.4 Å². The molecule has 2 aliphatic heterocycles. The largest absolute Gasteiger partial charge is 0.410 e. The SMILES string of the molecule is CC[C@@H]1C[C@H](C(F)(F)F)n2nc([C@H]3CCCN3C(=O)c3ccncc3C)cc2N1. The van der Waals surface area contributed by atoms with Gasteiger partial charge in [-0.3, -0.25) is 9.78 Å². The summed E-state index contributed by atoms with van der Waals surface area (Å²) in [5, 5.41) is 7.49. The summed E-state index contributed by atoms with van der Waals surface area (Å²) in [4.78, 5) is 18.8. The molecule has 1 saturated heterocycles. The zero-order valence-corrected chi connectivity index (χ0v) is 16.4. The molecular formula is C20H24F3N5O. The fraction of sp³-hybridized carbons (Fsp3) is 0.550. The van der Waals surface area contributed by atoms with Crippen LogP contribution in [0.5, 0.6) is 0 Å². The van der Waals surface area contributed by atoms with Crippen molar-refractivity contribution >= 4 is 11.7 Å². The molecule has 1 amide bonds. The van der Waals surface area contributed by atoms with E-state index < -0.39 is 12.2 Å². The monoisotopic (exact) mass is 407 g/mol. The number of carbonyl (C=O) groups is 1. The lowest BCUT2D eigenvalue weighted by atomic mass is 10.0. The van der Waals surface area contributed by atoms with Gasteiger partial charge < -0.3 is 10.2 Å². The van der Waals surface area contributed by atoms with Crippen LogP contribution in [0, 0.1) is 6.92 Å². The fourth-order valence-corrected chi connectivity index (χ4v) is 4.29. The molecule has 0 aliphatic carbocycles. The second kappa shape index (κ2) is 7.35. The number of hydrogen-bond acceptors (Lipinski definition) is 4. The predicted octanol–water partition coefficient (Wildman–Crippen LogP) is 4.26. The van der Waals surface area contributed by atoms with Crippen molar-refractivity contribution in [1.82, 2.24) is 19.7 Å². The number of carbonyl (C=O) groups excluding carboxylic acids is 1. The van der Waals surface area contributed by atoms with Crippen LogP contribution in [0.4, 0.5) is 19.0 Å². The maximum Gasteiger partial charge on any atom is 0.410 e. The highest BCUT2D eigenvalue weighted by molar-refractivity contribution is 5.95. The summed E-state index contributed by atoms with van der Waals surface area (Å²) in [5.41, 5.74) is 1.85. The van der Waals surface area contributed by atoms with Crippen molar-refractivity contribution in [3.05, 3.63) is 41.3 Å². The minimum absolute atomic E-state index is 0.0440. The molecule has 0 saturated carbocycles. The van der Waals surface area contributed by atoms with Gasteiger partial charge in [0.2, 0.25) is 0 Å². The van der Waals surface area contributed by atoms with Crippen LogP contribution in [-0.2, 0) is 0 Å². The number of aromatic nitrogens is 3. The van der Waals surface area contributed by atoms with Crippen molar-refractivity contribution in [2.45, 2.75) is 63.8 Å². The van der Waals surface area contributed by atoms with Crippen LogP contribution in [0.15, 0.2) is 24.5 Å². The minimum Gasteiger partial charge on any atom is -0.367 e. The van der Waals surface area contributed by atoms with Gasteiger partial charge in [0, 0.05) is 36.6 Å². The Morgan fingerprint density at radius 1 is 1.38 bits per heavy atom. The average molecular weight is 407 g/mol. The average Bonchev–Trinajstić information content (AvgIpc) is 3.32. The third-order valence-corrected chi connectivity index (χ3v) is 5.89. The number of fused-ring (bicyclic) bond motifs is 1. The molecule has 29 heavy (non-hydrogen) atoms. The molecule has 2 aliphatic rings. The molecule has 156 valence electrons. The first kappa shape index (κ1) is 19.7. The van der Waals surface area contributed by atoms with Crippen LogP contribution < -0.4 is 5.32 Å². The third-order valence-electron chi connectivity index (χ3n) is 5.89. The number of pyridine rings is 1. The lowest BCUT2D eigenvalue weighted by Crippen LogP contribution is -2.39. The number of aryl methyl sites for hydroxylation is 1. The number of hydrogen-bond donors (Lipinski definition) is 1. The molecule has 0 aromatic carbocycles. The number of anilines is 1. The van der Waals surface area contributed by atoms with Crippen molar-refractivity contribution < 1.29 is 18.0 Å². The molecule has 3 atom stereocenters. The van der Waals surface area contributed by atoms with E-state index in [1.54, 1.807) is 29.4 Å². The van der Waals surface area contributed by atoms with Crippen LogP contribution in [0.2, 0.25) is 0 Å². The molecule has 9 heteroatoms. The second-order valence-electron chi connectivity index (χ2n) is 7.79. The molecule has 4 rings (SSSR count). The van der Waals surface area contributed by atoms with Crippen molar-refractivity contribution in [1.29, 1.82) is 0 Å². The van der Waals surface area contributed by atoms with Gasteiger partial charge in [-0.15, -0.1) is 0 Å². The molecule has 0 unspecified atom stereocenters. The summed E-state index contributed by atoms with van der Waals surface area (Å²) in [6.07, 6.45) is 0.864. The summed E-state index contributed by atoms with van der Waals surface area (Å²) in [6.45, 7) is 4.25. The number of amides is 1. The Hall–Kier alpha value is -2.58. The Balaban J connectivity index is 1.66. The molecule has 1 N–H and O–H groups in total. The smallest absolute Gasteiger partial charge is 0.367 e. The summed E-state index contributed by atoms with van der Waals surface area (Å²) in [5.74, 6) is 0.241. The lowest BCUT2D eigenvalue weighted by molar-refractivity contribution is -0.173. The molecule has 4 heterocycles. The van der Waals surface area contributed by atoms with E-state index in [1.807, 2.05) is 13.8 Å². The number of likely N-dealkylation sites (tertiary alicyclic amines) is 1. The van der Waals surface area contributed by atoms with Crippen molar-refractivity contribution in [2.75, 3.05) is 11.9 Å². The Morgan fingerprint density at radius 3 is 2.86 bits per heavy atom. The zero-order chi connectivity index (χ0) is 20.8. The van der Waals surface area contributed by atoms with Gasteiger partial charge >= 0.3 is 6.18 Å². The first-order chi connectivity index (χ1) is 13.8. The van der Waals surface area contributed by atoms with Gasteiger partial charge in [-0.05, 0) is 44.2 Å². The lowest BCUT2D eigenvalue weighted by Gasteiger charge is -2.32. The highest BCUT2D eigenvalue weighted by Gasteiger charge is 2.46. The predicted molar refractivity (Wildman–Crippen MR) is 102 cm³/mol. The van der Waals surface area contributed by atoms with Crippen LogP contribution >= 0.6 is 0 Å². The fourth-order valence-electron chi connectivity index (χ4n) is 4.29. The normalized spacial score (nSPS) is 24.3. The van der Waals surface area contributed by atoms with Crippen molar-refractivity contribution in [3.63, 3.8) is 0 Å². The van der Waals surface area contributed by atoms with E-state index in [4.69, 9.17) is 0 Å². The molecular weight excluding hydrogens is 383 g/mol. The zero-order valence-electron chi connectivity index (χ0n) is 16.4. The van der Waals surface area contributed by atoms with Gasteiger partial charge in [-0.25, -0.2) is 4.68 Å². The molecule has 1 fully saturated rings. The summed E-state index contributed by atoms with van der Waals surface area (Å²) < 4.78 is 41.9. The maximum absolute atomic E-state index is 13.6. The standard InChI is InChI=1S/C20H24F3N5O/c1-3-13-9-17(20(21,22)23)28-18(25-13)10-15(26-28)16-5-4-8-27(16)19(29)14-6-7-24-11-12(14)2/h6-7,10-11,13,16-17,25H,3-5,8-9H2,1-2H3/t13-,16-,17-/m1/s1. The Morgan fingerprint density at radius 2 is 2.17 bits per heavy atom. The number of nitrogens with zero attached hydrogens (tertiary/aromatic N) is 4. The van der Waals surface area contributed by atoms with Gasteiger partial charge in [0.1, 0.15) is 5.82 Å². The van der Waals surface area contributed by atoms with Gasteiger partial charge in [0.05, 0.1) is 11.7 Å². The van der Waals surface area contributed by atoms with E-state index in [1.165, 1.54) is 0 Å². The summed E-state index contributed by atoms with van der Waals surface area (Å²) in [7, 11) is 0. The van der Waals surface area contributed by atoms with E-state index in [0.29, 0.717) is 36.5 Å². The molecule has 0 bridgehead atoms. The number of alkyl halides is 3. The second-order valence-corrected chi connectivity index (χ2v) is 7.79. The highest BCUT2D eigenvalue weighted by atomic mass is 19.4. The molecule has 0 spiro atoms. The van der Waals surface area contributed by atoms with Gasteiger partial charge in [-0.2, -0.15) is 18.3 Å². The topological polar surface area (TPSA) is 63.1 Å². The van der Waals surface area contributed by atoms with Crippen molar-refractivity contribution in [3.8, 4) is 0 Å². The van der Waals surface area contributed by atoms with E-state index in [0.717, 1.165) is 16.7 Å². The van der Waals surface area contributed by atoms with E-state index in [2.05, 4.69) is 15.4 Å². The third kappa shape index (κ3) is 3.58. The van der Waals surface area contributed by atoms with Crippen LogP contribution in [0.25, 0.3) is 0 Å². The van der Waals surface area contributed by atoms with Crippen LogP contribution in [0.1, 0.15) is 66.3 Å². The van der Waals surface area contributed by atoms with Gasteiger partial charge in [0.15, 0.2) is 6.04 Å². The summed E-state index contributed by atoms with van der Waals surface area (Å²) in [6, 6.07) is 1.13. The summed E-state index contributed by atoms with van der Waals surface area (Å²) >= 11 is 0. The quantitative estimate of drug-likeness (QED) is 0.826. The number of nitrogens with one attached hydrogen (secondary N) is 1. The van der Waals surface area contributed by atoms with E-state index >= 15 is 0 Å². The number of halogens is 3. The van der Waals surface area contributed by atoms with Crippen LogP contribution in [-0.4, -0.2) is 44.3 Å². The Labute approximate surface area is 167 Å². The highest BCUT2D eigenvalue weighted by Crippen LogP contribution is 2.42. The Bertz CT molecular complexity index is 910. The first-order valence-corrected chi connectivity index (χ1v) is 9.94. The Kier molecular flexibility index (Phi) is 5.00. The molecule has 6 nitrogen and oxygen atoms in total. The first-order valence-electron chi connectivity index (χ1n) is 9.94. The van der Waals surface area contributed by atoms with Crippen LogP contribution in [0.3, 0.4) is 0 Å². The molecule has 0 radical (unpaired) electrons.